The number of alkyl halides is 1. The van der Waals surface area contributed by atoms with Crippen LogP contribution < -0.4 is 5.73 Å². The van der Waals surface area contributed by atoms with E-state index < -0.39 is 11.7 Å². The maximum absolute atomic E-state index is 14.2. The van der Waals surface area contributed by atoms with Gasteiger partial charge in [0.15, 0.2) is 5.69 Å². The van der Waals surface area contributed by atoms with Crippen molar-refractivity contribution in [2.75, 3.05) is 0 Å². The summed E-state index contributed by atoms with van der Waals surface area (Å²) in [7, 11) is 0. The standard InChI is InChI=1S/C10H7Br2FN4O/c11-3-5-6(12)2-1-4(7(5)13)8-9(10(14)18)16-17-15-8/h1-2H,3H2,(H2,14,18)(H,15,16,17). The van der Waals surface area contributed by atoms with Crippen molar-refractivity contribution in [3.05, 3.63) is 33.7 Å². The smallest absolute Gasteiger partial charge is 0.271 e. The van der Waals surface area contributed by atoms with Crippen molar-refractivity contribution in [1.29, 1.82) is 0 Å². The van der Waals surface area contributed by atoms with Crippen molar-refractivity contribution in [2.24, 2.45) is 5.73 Å². The molecule has 0 bridgehead atoms. The molecule has 0 fully saturated rings. The van der Waals surface area contributed by atoms with E-state index in [0.29, 0.717) is 15.4 Å². The first-order valence-electron chi connectivity index (χ1n) is 4.80. The van der Waals surface area contributed by atoms with Crippen LogP contribution in [0.4, 0.5) is 4.39 Å². The van der Waals surface area contributed by atoms with Gasteiger partial charge in [-0.25, -0.2) is 4.39 Å². The number of benzene rings is 1. The van der Waals surface area contributed by atoms with Gasteiger partial charge in [-0.2, -0.15) is 15.4 Å². The van der Waals surface area contributed by atoms with Crippen molar-refractivity contribution in [3.8, 4) is 11.3 Å². The topological polar surface area (TPSA) is 84.7 Å². The van der Waals surface area contributed by atoms with Crippen LogP contribution >= 0.6 is 31.9 Å². The molecule has 1 heterocycles. The lowest BCUT2D eigenvalue weighted by atomic mass is 10.1. The molecule has 8 heteroatoms. The molecule has 0 aliphatic carbocycles. The number of nitrogens with two attached hydrogens (primary N) is 1. The second kappa shape index (κ2) is 5.15. The van der Waals surface area contributed by atoms with Gasteiger partial charge in [0.25, 0.3) is 5.91 Å². The highest BCUT2D eigenvalue weighted by Gasteiger charge is 2.20. The fourth-order valence-electron chi connectivity index (χ4n) is 1.49. The molecule has 0 aliphatic heterocycles. The van der Waals surface area contributed by atoms with E-state index >= 15 is 0 Å². The summed E-state index contributed by atoms with van der Waals surface area (Å²) in [6.07, 6.45) is 0. The second-order valence-electron chi connectivity index (χ2n) is 3.41. The fraction of sp³-hybridized carbons (Fsp3) is 0.100. The highest BCUT2D eigenvalue weighted by atomic mass is 79.9. The Morgan fingerprint density at radius 2 is 2.17 bits per heavy atom. The molecule has 0 unspecified atom stereocenters. The summed E-state index contributed by atoms with van der Waals surface area (Å²) in [6.45, 7) is 0. The Balaban J connectivity index is 2.65. The van der Waals surface area contributed by atoms with Crippen LogP contribution in [0.1, 0.15) is 16.1 Å². The van der Waals surface area contributed by atoms with Gasteiger partial charge in [0.1, 0.15) is 11.5 Å². The molecule has 0 radical (unpaired) electrons. The minimum Gasteiger partial charge on any atom is -0.364 e. The van der Waals surface area contributed by atoms with Gasteiger partial charge < -0.3 is 5.73 Å². The zero-order chi connectivity index (χ0) is 13.3. The third kappa shape index (κ3) is 2.17. The number of carbonyl (C=O) groups is 1. The van der Waals surface area contributed by atoms with Crippen molar-refractivity contribution in [2.45, 2.75) is 5.33 Å². The van der Waals surface area contributed by atoms with Crippen molar-refractivity contribution in [1.82, 2.24) is 15.4 Å². The fourth-order valence-corrected chi connectivity index (χ4v) is 2.86. The maximum atomic E-state index is 14.2. The summed E-state index contributed by atoms with van der Waals surface area (Å²) >= 11 is 6.45. The van der Waals surface area contributed by atoms with E-state index in [2.05, 4.69) is 47.3 Å². The highest BCUT2D eigenvalue weighted by Crippen LogP contribution is 2.31. The average molecular weight is 378 g/mol. The first-order valence-corrected chi connectivity index (χ1v) is 6.71. The lowest BCUT2D eigenvalue weighted by Crippen LogP contribution is -2.13. The molecule has 5 nitrogen and oxygen atoms in total. The van der Waals surface area contributed by atoms with Crippen LogP contribution in [0.25, 0.3) is 11.3 Å². The maximum Gasteiger partial charge on any atom is 0.271 e. The zero-order valence-corrected chi connectivity index (χ0v) is 12.0. The van der Waals surface area contributed by atoms with Crippen LogP contribution in [0.2, 0.25) is 0 Å². The Morgan fingerprint density at radius 3 is 2.78 bits per heavy atom. The monoisotopic (exact) mass is 376 g/mol. The molecule has 3 N–H and O–H groups in total. The van der Waals surface area contributed by atoms with Crippen molar-refractivity contribution >= 4 is 37.8 Å². The summed E-state index contributed by atoms with van der Waals surface area (Å²) < 4.78 is 14.9. The lowest BCUT2D eigenvalue weighted by molar-refractivity contribution is 0.0996. The zero-order valence-electron chi connectivity index (χ0n) is 8.88. The third-order valence-corrected chi connectivity index (χ3v) is 3.66. The van der Waals surface area contributed by atoms with Gasteiger partial charge in [0.05, 0.1) is 0 Å². The van der Waals surface area contributed by atoms with Crippen LogP contribution in [0.15, 0.2) is 16.6 Å². The van der Waals surface area contributed by atoms with E-state index in [1.807, 2.05) is 0 Å². The van der Waals surface area contributed by atoms with Crippen LogP contribution in [-0.2, 0) is 5.33 Å². The summed E-state index contributed by atoms with van der Waals surface area (Å²) in [6, 6.07) is 3.18. The third-order valence-electron chi connectivity index (χ3n) is 2.36. The normalized spacial score (nSPS) is 10.6. The average Bonchev–Trinajstić information content (AvgIpc) is 2.78. The van der Waals surface area contributed by atoms with E-state index in [0.717, 1.165) is 0 Å². The van der Waals surface area contributed by atoms with E-state index in [1.54, 1.807) is 6.07 Å². The Kier molecular flexibility index (Phi) is 3.76. The highest BCUT2D eigenvalue weighted by molar-refractivity contribution is 9.10. The molecule has 0 aliphatic rings. The van der Waals surface area contributed by atoms with E-state index in [4.69, 9.17) is 5.73 Å². The number of aromatic amines is 1. The number of carbonyl (C=O) groups excluding carboxylic acids is 1. The molecule has 18 heavy (non-hydrogen) atoms. The number of amides is 1. The predicted molar refractivity (Wildman–Crippen MR) is 70.6 cm³/mol. The van der Waals surface area contributed by atoms with E-state index in [-0.39, 0.29) is 17.0 Å². The minimum absolute atomic E-state index is 0.0863. The number of aromatic nitrogens is 3. The van der Waals surface area contributed by atoms with E-state index in [9.17, 15) is 9.18 Å². The Labute approximate surface area is 118 Å². The van der Waals surface area contributed by atoms with Gasteiger partial charge in [-0.3, -0.25) is 4.79 Å². The van der Waals surface area contributed by atoms with Crippen molar-refractivity contribution in [3.63, 3.8) is 0 Å². The molecule has 0 saturated heterocycles. The van der Waals surface area contributed by atoms with Gasteiger partial charge in [-0.15, -0.1) is 0 Å². The molecule has 2 aromatic rings. The minimum atomic E-state index is -0.763. The number of primary amides is 1. The van der Waals surface area contributed by atoms with Gasteiger partial charge in [0, 0.05) is 20.9 Å². The number of halogens is 3. The van der Waals surface area contributed by atoms with Crippen molar-refractivity contribution < 1.29 is 9.18 Å². The summed E-state index contributed by atoms with van der Waals surface area (Å²) in [5.74, 6) is -1.24. The lowest BCUT2D eigenvalue weighted by Gasteiger charge is -2.07. The number of rotatable bonds is 3. The molecule has 0 saturated carbocycles. The molecule has 0 spiro atoms. The van der Waals surface area contributed by atoms with Gasteiger partial charge in [-0.05, 0) is 12.1 Å². The van der Waals surface area contributed by atoms with Crippen LogP contribution in [-0.4, -0.2) is 21.3 Å². The molecular formula is C10H7Br2FN4O. The van der Waals surface area contributed by atoms with Gasteiger partial charge in [-0.1, -0.05) is 31.9 Å². The van der Waals surface area contributed by atoms with Gasteiger partial charge >= 0.3 is 0 Å². The second-order valence-corrected chi connectivity index (χ2v) is 4.82. The largest absolute Gasteiger partial charge is 0.364 e. The number of hydrogen-bond donors (Lipinski definition) is 2. The first-order chi connectivity index (χ1) is 8.56. The Morgan fingerprint density at radius 1 is 1.44 bits per heavy atom. The molecule has 94 valence electrons. The molecule has 1 aromatic heterocycles. The first kappa shape index (κ1) is 13.2. The molecular weight excluding hydrogens is 371 g/mol. The summed E-state index contributed by atoms with van der Waals surface area (Å²) in [5, 5.41) is 9.97. The number of H-pyrrole nitrogens is 1. The molecule has 2 rings (SSSR count). The number of nitrogens with one attached hydrogen (secondary N) is 1. The number of nitrogens with zero attached hydrogens (tertiary/aromatic N) is 2. The Bertz CT molecular complexity index is 614. The van der Waals surface area contributed by atoms with Crippen LogP contribution in [0, 0.1) is 5.82 Å². The van der Waals surface area contributed by atoms with E-state index in [1.165, 1.54) is 6.07 Å². The van der Waals surface area contributed by atoms with Crippen LogP contribution in [0.5, 0.6) is 0 Å². The summed E-state index contributed by atoms with van der Waals surface area (Å²) in [5.41, 5.74) is 5.78. The predicted octanol–water partition coefficient (Wildman–Crippen LogP) is 2.37. The van der Waals surface area contributed by atoms with Crippen LogP contribution in [0.3, 0.4) is 0 Å². The molecule has 1 aromatic carbocycles. The SMILES string of the molecule is NC(=O)c1n[nH]nc1-c1ccc(Br)c(CBr)c1F. The number of hydrogen-bond acceptors (Lipinski definition) is 3. The van der Waals surface area contributed by atoms with Gasteiger partial charge in [0.2, 0.25) is 0 Å². The summed E-state index contributed by atoms with van der Waals surface area (Å²) in [4.78, 5) is 11.1. The molecule has 1 amide bonds. The molecule has 0 atom stereocenters. The Hall–Kier alpha value is -1.28. The quantitative estimate of drug-likeness (QED) is 0.805.